The molecule has 1 unspecified atom stereocenters. The normalized spacial score (nSPS) is 18.7. The van der Waals surface area contributed by atoms with Gasteiger partial charge in [0, 0.05) is 24.6 Å². The van der Waals surface area contributed by atoms with E-state index < -0.39 is 0 Å². The number of rotatable bonds is 3. The maximum Gasteiger partial charge on any atom is 0.409 e. The molecular formula is C15H18FNO3. The molecule has 108 valence electrons. The van der Waals surface area contributed by atoms with Crippen LogP contribution in [0.15, 0.2) is 24.3 Å². The van der Waals surface area contributed by atoms with E-state index in [1.54, 1.807) is 11.8 Å². The molecule has 20 heavy (non-hydrogen) atoms. The third-order valence-corrected chi connectivity index (χ3v) is 3.45. The Kier molecular flexibility index (Phi) is 4.71. The van der Waals surface area contributed by atoms with Gasteiger partial charge in [0.25, 0.3) is 0 Å². The number of carbonyl (C=O) groups is 2. The largest absolute Gasteiger partial charge is 0.450 e. The summed E-state index contributed by atoms with van der Waals surface area (Å²) in [7, 11) is 0. The minimum atomic E-state index is -0.371. The number of benzene rings is 1. The van der Waals surface area contributed by atoms with Crippen LogP contribution >= 0.6 is 0 Å². The van der Waals surface area contributed by atoms with E-state index in [1.807, 2.05) is 0 Å². The van der Waals surface area contributed by atoms with Gasteiger partial charge in [0.15, 0.2) is 5.78 Å². The van der Waals surface area contributed by atoms with E-state index in [4.69, 9.17) is 4.74 Å². The summed E-state index contributed by atoms with van der Waals surface area (Å²) in [5.74, 6) is -0.643. The molecule has 4 nitrogen and oxygen atoms in total. The quantitative estimate of drug-likeness (QED) is 0.799. The van der Waals surface area contributed by atoms with Crippen molar-refractivity contribution in [3.63, 3.8) is 0 Å². The van der Waals surface area contributed by atoms with Crippen LogP contribution in [0.5, 0.6) is 0 Å². The Labute approximate surface area is 117 Å². The van der Waals surface area contributed by atoms with Crippen LogP contribution in [0.3, 0.4) is 0 Å². The third-order valence-electron chi connectivity index (χ3n) is 3.45. The van der Waals surface area contributed by atoms with Gasteiger partial charge >= 0.3 is 6.09 Å². The van der Waals surface area contributed by atoms with Crippen LogP contribution in [0.1, 0.15) is 30.1 Å². The number of carbonyl (C=O) groups excluding carboxylic acids is 2. The van der Waals surface area contributed by atoms with E-state index in [9.17, 15) is 14.0 Å². The molecule has 1 heterocycles. The fourth-order valence-corrected chi connectivity index (χ4v) is 2.42. The van der Waals surface area contributed by atoms with Crippen molar-refractivity contribution < 1.29 is 18.7 Å². The second-order valence-electron chi connectivity index (χ2n) is 4.86. The summed E-state index contributed by atoms with van der Waals surface area (Å²) >= 11 is 0. The molecule has 1 atom stereocenters. The molecule has 2 rings (SSSR count). The first-order valence-corrected chi connectivity index (χ1v) is 6.83. The standard InChI is InChI=1S/C15H18FNO3/c1-2-20-15(19)17-9-3-4-12(10-17)14(18)11-5-7-13(16)8-6-11/h5-8,12H,2-4,9-10H2,1H3. The van der Waals surface area contributed by atoms with Crippen molar-refractivity contribution in [3.8, 4) is 0 Å². The van der Waals surface area contributed by atoms with Gasteiger partial charge in [-0.2, -0.15) is 0 Å². The van der Waals surface area contributed by atoms with Crippen LogP contribution < -0.4 is 0 Å². The Bertz CT molecular complexity index is 486. The van der Waals surface area contributed by atoms with Gasteiger partial charge in [-0.3, -0.25) is 4.79 Å². The molecule has 0 spiro atoms. The fraction of sp³-hybridized carbons (Fsp3) is 0.467. The summed E-state index contributed by atoms with van der Waals surface area (Å²) in [5, 5.41) is 0. The van der Waals surface area contributed by atoms with Gasteiger partial charge in [-0.15, -0.1) is 0 Å². The van der Waals surface area contributed by atoms with Gasteiger partial charge in [0.1, 0.15) is 5.82 Å². The predicted molar refractivity (Wildman–Crippen MR) is 72.0 cm³/mol. The van der Waals surface area contributed by atoms with Gasteiger partial charge in [-0.25, -0.2) is 9.18 Å². The minimum absolute atomic E-state index is 0.0426. The zero-order valence-electron chi connectivity index (χ0n) is 11.5. The van der Waals surface area contributed by atoms with Crippen molar-refractivity contribution in [3.05, 3.63) is 35.6 Å². The zero-order valence-corrected chi connectivity index (χ0v) is 11.5. The topological polar surface area (TPSA) is 46.6 Å². The van der Waals surface area contributed by atoms with Crippen molar-refractivity contribution in [2.24, 2.45) is 5.92 Å². The number of Topliss-reactive ketones (excluding diaryl/α,β-unsaturated/α-hetero) is 1. The molecule has 0 aliphatic carbocycles. The van der Waals surface area contributed by atoms with E-state index in [-0.39, 0.29) is 23.6 Å². The number of nitrogens with zero attached hydrogens (tertiary/aromatic N) is 1. The number of halogens is 1. The molecule has 1 aromatic carbocycles. The lowest BCUT2D eigenvalue weighted by atomic mass is 9.90. The maximum absolute atomic E-state index is 12.9. The summed E-state index contributed by atoms with van der Waals surface area (Å²) < 4.78 is 17.8. The van der Waals surface area contributed by atoms with Gasteiger partial charge < -0.3 is 9.64 Å². The second-order valence-corrected chi connectivity index (χ2v) is 4.86. The van der Waals surface area contributed by atoms with E-state index in [2.05, 4.69) is 0 Å². The number of hydrogen-bond acceptors (Lipinski definition) is 3. The third kappa shape index (κ3) is 3.35. The number of ketones is 1. The summed E-state index contributed by atoms with van der Waals surface area (Å²) in [5.41, 5.74) is 0.488. The molecule has 0 bridgehead atoms. The Hall–Kier alpha value is -1.91. The number of hydrogen-bond donors (Lipinski definition) is 0. The molecule has 1 aliphatic rings. The van der Waals surface area contributed by atoms with Crippen LogP contribution in [0.2, 0.25) is 0 Å². The first-order chi connectivity index (χ1) is 9.61. The average molecular weight is 279 g/mol. The molecule has 1 aromatic rings. The SMILES string of the molecule is CCOC(=O)N1CCCC(C(=O)c2ccc(F)cc2)C1. The smallest absolute Gasteiger partial charge is 0.409 e. The van der Waals surface area contributed by atoms with Crippen LogP contribution in [-0.4, -0.2) is 36.5 Å². The van der Waals surface area contributed by atoms with Crippen LogP contribution in [-0.2, 0) is 4.74 Å². The molecule has 0 N–H and O–H groups in total. The monoisotopic (exact) mass is 279 g/mol. The highest BCUT2D eigenvalue weighted by Crippen LogP contribution is 2.21. The van der Waals surface area contributed by atoms with Crippen molar-refractivity contribution in [1.82, 2.24) is 4.90 Å². The highest BCUT2D eigenvalue weighted by atomic mass is 19.1. The summed E-state index contributed by atoms with van der Waals surface area (Å²) in [6, 6.07) is 5.53. The van der Waals surface area contributed by atoms with Crippen LogP contribution in [0, 0.1) is 11.7 Å². The van der Waals surface area contributed by atoms with Gasteiger partial charge in [-0.1, -0.05) is 0 Å². The Morgan fingerprint density at radius 3 is 2.70 bits per heavy atom. The van der Waals surface area contributed by atoms with Crippen molar-refractivity contribution in [2.75, 3.05) is 19.7 Å². The second kappa shape index (κ2) is 6.50. The fourth-order valence-electron chi connectivity index (χ4n) is 2.42. The first kappa shape index (κ1) is 14.5. The lowest BCUT2D eigenvalue weighted by Crippen LogP contribution is -2.42. The molecule has 1 amide bonds. The minimum Gasteiger partial charge on any atom is -0.450 e. The van der Waals surface area contributed by atoms with Crippen molar-refractivity contribution in [2.45, 2.75) is 19.8 Å². The van der Waals surface area contributed by atoms with Gasteiger partial charge in [0.05, 0.1) is 6.61 Å². The number of amides is 1. The molecule has 1 saturated heterocycles. The molecule has 0 saturated carbocycles. The van der Waals surface area contributed by atoms with E-state index >= 15 is 0 Å². The number of likely N-dealkylation sites (tertiary alicyclic amines) is 1. The summed E-state index contributed by atoms with van der Waals surface area (Å²) in [6.07, 6.45) is 1.15. The molecular weight excluding hydrogens is 261 g/mol. The maximum atomic E-state index is 12.9. The molecule has 0 aromatic heterocycles. The number of piperidine rings is 1. The Morgan fingerprint density at radius 2 is 2.05 bits per heavy atom. The van der Waals surface area contributed by atoms with Gasteiger partial charge in [-0.05, 0) is 44.0 Å². The average Bonchev–Trinajstić information content (AvgIpc) is 2.48. The van der Waals surface area contributed by atoms with E-state index in [0.717, 1.165) is 12.8 Å². The highest BCUT2D eigenvalue weighted by Gasteiger charge is 2.29. The van der Waals surface area contributed by atoms with Crippen molar-refractivity contribution in [1.29, 1.82) is 0 Å². The van der Waals surface area contributed by atoms with E-state index in [1.165, 1.54) is 24.3 Å². The molecule has 1 aliphatic heterocycles. The first-order valence-electron chi connectivity index (χ1n) is 6.83. The predicted octanol–water partition coefficient (Wildman–Crippen LogP) is 2.88. The molecule has 0 radical (unpaired) electrons. The van der Waals surface area contributed by atoms with E-state index in [0.29, 0.717) is 25.3 Å². The Morgan fingerprint density at radius 1 is 1.35 bits per heavy atom. The van der Waals surface area contributed by atoms with Crippen molar-refractivity contribution >= 4 is 11.9 Å². The lowest BCUT2D eigenvalue weighted by molar-refractivity contribution is 0.0730. The summed E-state index contributed by atoms with van der Waals surface area (Å²) in [6.45, 7) is 3.07. The highest BCUT2D eigenvalue weighted by molar-refractivity contribution is 5.98. The van der Waals surface area contributed by atoms with Crippen LogP contribution in [0.4, 0.5) is 9.18 Å². The van der Waals surface area contributed by atoms with Gasteiger partial charge in [0.2, 0.25) is 0 Å². The van der Waals surface area contributed by atoms with Crippen LogP contribution in [0.25, 0.3) is 0 Å². The summed E-state index contributed by atoms with van der Waals surface area (Å²) in [4.78, 5) is 25.6. The lowest BCUT2D eigenvalue weighted by Gasteiger charge is -2.31. The number of ether oxygens (including phenoxy) is 1. The molecule has 1 fully saturated rings. The zero-order chi connectivity index (χ0) is 14.5. The Balaban J connectivity index is 2.03. The molecule has 5 heteroatoms.